The van der Waals surface area contributed by atoms with Crippen LogP contribution in [0.15, 0.2) is 12.2 Å². The first-order valence-electron chi connectivity index (χ1n) is 16.3. The Bertz CT molecular complexity index is 647. The van der Waals surface area contributed by atoms with Crippen LogP contribution in [0.1, 0.15) is 137 Å². The summed E-state index contributed by atoms with van der Waals surface area (Å²) >= 11 is 0. The molecule has 0 amide bonds. The Labute approximate surface area is 245 Å². The predicted octanol–water partition coefficient (Wildman–Crippen LogP) is 8.17. The van der Waals surface area contributed by atoms with Crippen molar-refractivity contribution in [3.8, 4) is 0 Å². The van der Waals surface area contributed by atoms with Crippen molar-refractivity contribution in [3.05, 3.63) is 12.2 Å². The lowest BCUT2D eigenvalue weighted by Crippen LogP contribution is -2.58. The number of rotatable bonds is 28. The van der Waals surface area contributed by atoms with Gasteiger partial charge in [-0.3, -0.25) is 14.4 Å². The smallest absolute Gasteiger partial charge is 0.312 e. The Balaban J connectivity index is 4.82. The fourth-order valence-electron chi connectivity index (χ4n) is 5.87. The van der Waals surface area contributed by atoms with E-state index in [-0.39, 0.29) is 24.1 Å². The van der Waals surface area contributed by atoms with Gasteiger partial charge < -0.3 is 19.8 Å². The number of aliphatic carboxylic acids is 3. The third kappa shape index (κ3) is 17.7. The van der Waals surface area contributed by atoms with Crippen LogP contribution in [-0.2, 0) is 14.4 Å². The Hall–Kier alpha value is -1.89. The zero-order chi connectivity index (χ0) is 30.2. The van der Waals surface area contributed by atoms with Gasteiger partial charge in [0.05, 0.1) is 26.2 Å². The fourth-order valence-corrected chi connectivity index (χ4v) is 5.87. The van der Waals surface area contributed by atoms with Crippen molar-refractivity contribution in [3.63, 3.8) is 0 Å². The van der Waals surface area contributed by atoms with Crippen LogP contribution in [0.3, 0.4) is 0 Å². The molecule has 0 aromatic rings. The van der Waals surface area contributed by atoms with E-state index in [1.807, 2.05) is 20.8 Å². The number of unbranched alkanes of at least 4 members (excludes halogenated alkanes) is 13. The van der Waals surface area contributed by atoms with Crippen LogP contribution in [0, 0.1) is 17.8 Å². The van der Waals surface area contributed by atoms with E-state index in [0.717, 1.165) is 19.3 Å². The average molecular weight is 569 g/mol. The van der Waals surface area contributed by atoms with E-state index in [4.69, 9.17) is 0 Å². The molecule has 0 rings (SSSR count). The lowest BCUT2D eigenvalue weighted by molar-refractivity contribution is -0.935. The maximum absolute atomic E-state index is 12.0. The molecule has 0 aliphatic heterocycles. The summed E-state index contributed by atoms with van der Waals surface area (Å²) in [5.74, 6) is -4.51. The molecule has 0 aliphatic carbocycles. The largest absolute Gasteiger partial charge is 0.481 e. The van der Waals surface area contributed by atoms with Crippen molar-refractivity contribution < 1.29 is 34.2 Å². The molecule has 3 unspecified atom stereocenters. The van der Waals surface area contributed by atoms with E-state index >= 15 is 0 Å². The SMILES string of the molecule is C/C=C/CCCCCCCCCCCCCCC[N+](CC(CC)C(=O)O)(CC(CC)C(=O)O)CC(CC)C(=O)O. The van der Waals surface area contributed by atoms with Gasteiger partial charge >= 0.3 is 17.9 Å². The number of allylic oxidation sites excluding steroid dienone is 2. The highest BCUT2D eigenvalue weighted by Crippen LogP contribution is 2.25. The summed E-state index contributed by atoms with van der Waals surface area (Å²) in [6.45, 7) is 9.08. The molecular weight excluding hydrogens is 506 g/mol. The Morgan fingerprint density at radius 1 is 0.550 bits per heavy atom. The molecule has 7 nitrogen and oxygen atoms in total. The molecule has 0 aliphatic rings. The van der Waals surface area contributed by atoms with Gasteiger partial charge in [-0.2, -0.15) is 0 Å². The molecule has 0 radical (unpaired) electrons. The first-order chi connectivity index (χ1) is 19.2. The molecule has 0 aromatic carbocycles. The van der Waals surface area contributed by atoms with Gasteiger partial charge in [0.15, 0.2) is 0 Å². The predicted molar refractivity (Wildman–Crippen MR) is 163 cm³/mol. The van der Waals surface area contributed by atoms with Gasteiger partial charge in [-0.15, -0.1) is 0 Å². The molecule has 0 saturated heterocycles. The van der Waals surface area contributed by atoms with E-state index in [1.54, 1.807) is 0 Å². The molecule has 7 heteroatoms. The quantitative estimate of drug-likeness (QED) is 0.0498. The van der Waals surface area contributed by atoms with Gasteiger partial charge in [0.1, 0.15) is 17.8 Å². The molecule has 0 spiro atoms. The normalized spacial score (nSPS) is 15.5. The van der Waals surface area contributed by atoms with Crippen LogP contribution in [0.2, 0.25) is 0 Å². The van der Waals surface area contributed by atoms with Crippen LogP contribution in [0.4, 0.5) is 0 Å². The number of carbonyl (C=O) groups is 3. The highest BCUT2D eigenvalue weighted by atomic mass is 16.4. The Morgan fingerprint density at radius 3 is 1.12 bits per heavy atom. The Morgan fingerprint density at radius 2 is 0.850 bits per heavy atom. The highest BCUT2D eigenvalue weighted by Gasteiger charge is 2.40. The van der Waals surface area contributed by atoms with Crippen LogP contribution in [0.5, 0.6) is 0 Å². The second-order valence-electron chi connectivity index (χ2n) is 11.9. The van der Waals surface area contributed by atoms with E-state index in [2.05, 4.69) is 19.1 Å². The van der Waals surface area contributed by atoms with Gasteiger partial charge in [0.25, 0.3) is 0 Å². The van der Waals surface area contributed by atoms with Crippen molar-refractivity contribution in [1.82, 2.24) is 0 Å². The van der Waals surface area contributed by atoms with Crippen molar-refractivity contribution in [2.24, 2.45) is 17.8 Å². The van der Waals surface area contributed by atoms with Gasteiger partial charge in [-0.1, -0.05) is 97.1 Å². The van der Waals surface area contributed by atoms with Crippen molar-refractivity contribution in [1.29, 1.82) is 0 Å². The molecule has 0 fully saturated rings. The Kier molecular flexibility index (Phi) is 22.7. The number of carboxylic acids is 3. The molecular formula is C33H62NO6+. The van der Waals surface area contributed by atoms with Crippen molar-refractivity contribution in [2.45, 2.75) is 137 Å². The number of hydrogen-bond acceptors (Lipinski definition) is 3. The second kappa shape index (κ2) is 23.8. The van der Waals surface area contributed by atoms with E-state index in [1.165, 1.54) is 70.6 Å². The molecule has 0 bridgehead atoms. The number of nitrogens with zero attached hydrogens (tertiary/aromatic N) is 1. The topological polar surface area (TPSA) is 112 Å². The maximum Gasteiger partial charge on any atom is 0.312 e. The monoisotopic (exact) mass is 568 g/mol. The molecule has 0 aromatic heterocycles. The van der Waals surface area contributed by atoms with Crippen LogP contribution in [-0.4, -0.2) is 63.9 Å². The van der Waals surface area contributed by atoms with Crippen LogP contribution in [0.25, 0.3) is 0 Å². The zero-order valence-electron chi connectivity index (χ0n) is 26.2. The van der Waals surface area contributed by atoms with Crippen molar-refractivity contribution in [2.75, 3.05) is 26.2 Å². The summed E-state index contributed by atoms with van der Waals surface area (Å²) in [6, 6.07) is 0. The fraction of sp³-hybridized carbons (Fsp3) is 0.848. The first-order valence-corrected chi connectivity index (χ1v) is 16.3. The van der Waals surface area contributed by atoms with Gasteiger partial charge in [-0.05, 0) is 51.9 Å². The summed E-state index contributed by atoms with van der Waals surface area (Å²) < 4.78 is 0.260. The van der Waals surface area contributed by atoms with Crippen LogP contribution >= 0.6 is 0 Å². The lowest BCUT2D eigenvalue weighted by atomic mass is 9.95. The molecule has 3 N–H and O–H groups in total. The van der Waals surface area contributed by atoms with E-state index < -0.39 is 35.7 Å². The van der Waals surface area contributed by atoms with Gasteiger partial charge in [-0.25, -0.2) is 0 Å². The van der Waals surface area contributed by atoms with E-state index in [9.17, 15) is 29.7 Å². The first kappa shape index (κ1) is 38.1. The summed E-state index contributed by atoms with van der Waals surface area (Å²) in [4.78, 5) is 35.9. The summed E-state index contributed by atoms with van der Waals surface area (Å²) in [6.07, 6.45) is 22.9. The number of carboxylic acid groups (broad SMARTS) is 3. The van der Waals surface area contributed by atoms with Gasteiger partial charge in [0.2, 0.25) is 0 Å². The second-order valence-corrected chi connectivity index (χ2v) is 11.9. The molecule has 234 valence electrons. The molecule has 40 heavy (non-hydrogen) atoms. The van der Waals surface area contributed by atoms with E-state index in [0.29, 0.717) is 25.8 Å². The minimum Gasteiger partial charge on any atom is -0.481 e. The number of hydrogen-bond donors (Lipinski definition) is 3. The lowest BCUT2D eigenvalue weighted by Gasteiger charge is -2.43. The standard InChI is InChI=1S/C33H61NO6/c1-5-9-10-11-12-13-14-15-16-17-18-19-20-21-22-23-24-34(25-28(6-2)31(35)36,26-29(7-3)32(37)38)27-30(8-4)33(39)40/h5,9,28-30H,6-8,10-27H2,1-4H3,(H2-,35,36,37,38,39,40)/p+1/b9-5+. The average Bonchev–Trinajstić information content (AvgIpc) is 2.92. The van der Waals surface area contributed by atoms with Crippen LogP contribution < -0.4 is 0 Å². The summed E-state index contributed by atoms with van der Waals surface area (Å²) in [7, 11) is 0. The minimum absolute atomic E-state index is 0.260. The third-order valence-electron chi connectivity index (χ3n) is 8.59. The van der Waals surface area contributed by atoms with Gasteiger partial charge in [0, 0.05) is 0 Å². The molecule has 0 saturated carbocycles. The third-order valence-corrected chi connectivity index (χ3v) is 8.59. The summed E-state index contributed by atoms with van der Waals surface area (Å²) in [5.41, 5.74) is 0. The molecule has 0 heterocycles. The minimum atomic E-state index is -0.888. The summed E-state index contributed by atoms with van der Waals surface area (Å²) in [5, 5.41) is 29.4. The highest BCUT2D eigenvalue weighted by molar-refractivity contribution is 5.71. The number of quaternary nitrogens is 1. The maximum atomic E-state index is 12.0. The molecule has 3 atom stereocenters. The zero-order valence-corrected chi connectivity index (χ0v) is 26.2. The van der Waals surface area contributed by atoms with Crippen molar-refractivity contribution >= 4 is 17.9 Å².